The Morgan fingerprint density at radius 3 is 1.01 bits per heavy atom. The smallest absolute Gasteiger partial charge is 0.243 e. The second-order valence-electron chi connectivity index (χ2n) is 18.9. The summed E-state index contributed by atoms with van der Waals surface area (Å²) in [5.41, 5.74) is 1.25. The Kier molecular flexibility index (Phi) is 15.4. The number of thioether (sulfide) groups is 1. The lowest BCUT2D eigenvalue weighted by atomic mass is 9.98. The molecule has 4 aromatic carbocycles. The Morgan fingerprint density at radius 2 is 0.685 bits per heavy atom. The van der Waals surface area contributed by atoms with Crippen LogP contribution in [0.3, 0.4) is 0 Å². The normalized spacial score (nSPS) is 19.9. The average Bonchev–Trinajstić information content (AvgIpc) is 4.14. The van der Waals surface area contributed by atoms with Crippen molar-refractivity contribution in [2.24, 2.45) is 0 Å². The minimum absolute atomic E-state index is 0.150. The maximum Gasteiger partial charge on any atom is 0.243 e. The van der Waals surface area contributed by atoms with Gasteiger partial charge >= 0.3 is 0 Å². The highest BCUT2D eigenvalue weighted by Crippen LogP contribution is 2.48. The van der Waals surface area contributed by atoms with E-state index in [1.54, 1.807) is 109 Å². The molecule has 2 unspecified atom stereocenters. The summed E-state index contributed by atoms with van der Waals surface area (Å²) in [5.74, 6) is 0.587. The molecule has 2 atom stereocenters. The van der Waals surface area contributed by atoms with E-state index in [4.69, 9.17) is 8.83 Å². The summed E-state index contributed by atoms with van der Waals surface area (Å²) in [6, 6.07) is 29.9. The summed E-state index contributed by atoms with van der Waals surface area (Å²) in [4.78, 5) is 0.751. The van der Waals surface area contributed by atoms with E-state index in [9.17, 15) is 33.7 Å². The number of hydrogen-bond donors (Lipinski definition) is 0. The molecule has 0 N–H and O–H groups in total. The van der Waals surface area contributed by atoms with Gasteiger partial charge in [0.1, 0.15) is 10.5 Å². The van der Waals surface area contributed by atoms with Crippen LogP contribution in [0.25, 0.3) is 0 Å². The molecule has 6 heterocycles. The van der Waals surface area contributed by atoms with E-state index >= 15 is 0 Å². The quantitative estimate of drug-likeness (QED) is 0.0912. The van der Waals surface area contributed by atoms with E-state index < -0.39 is 50.6 Å². The summed E-state index contributed by atoms with van der Waals surface area (Å²) in [6.45, 7) is 2.78. The van der Waals surface area contributed by atoms with Crippen LogP contribution in [-0.2, 0) is 40.1 Å². The molecule has 10 rings (SSSR count). The monoisotopic (exact) mass is 1090 g/mol. The van der Waals surface area contributed by atoms with Crippen LogP contribution in [0.2, 0.25) is 0 Å². The molecule has 0 aliphatic carbocycles. The molecule has 388 valence electrons. The topological polar surface area (TPSA) is 227 Å². The predicted molar refractivity (Wildman–Crippen MR) is 272 cm³/mol. The lowest BCUT2D eigenvalue weighted by Crippen LogP contribution is -2.37. The number of hydrogen-bond acceptors (Lipinski definition) is 15. The third kappa shape index (κ3) is 11.0. The van der Waals surface area contributed by atoms with E-state index in [0.717, 1.165) is 38.5 Å². The number of benzene rings is 4. The van der Waals surface area contributed by atoms with E-state index in [1.807, 2.05) is 0 Å². The van der Waals surface area contributed by atoms with Crippen LogP contribution in [0.5, 0.6) is 0 Å². The zero-order valence-corrected chi connectivity index (χ0v) is 44.2. The van der Waals surface area contributed by atoms with Crippen LogP contribution in [0.15, 0.2) is 138 Å². The van der Waals surface area contributed by atoms with Gasteiger partial charge in [-0.3, -0.25) is 0 Å². The van der Waals surface area contributed by atoms with Crippen molar-refractivity contribution < 1.29 is 42.5 Å². The molecular weight excluding hydrogens is 1030 g/mol. The number of aromatic nitrogens is 4. The second-order valence-corrected chi connectivity index (χ2v) is 27.9. The zero-order chi connectivity index (χ0) is 50.8. The Hall–Kier alpha value is -4.85. The third-order valence-corrected chi connectivity index (χ3v) is 23.4. The molecule has 0 radical (unpaired) electrons. The van der Waals surface area contributed by atoms with Gasteiger partial charge in [0, 0.05) is 64.2 Å². The zero-order valence-electron chi connectivity index (χ0n) is 40.1. The summed E-state index contributed by atoms with van der Waals surface area (Å²) in [5, 5.41) is 16.7. The first-order valence-electron chi connectivity index (χ1n) is 24.8. The van der Waals surface area contributed by atoms with Gasteiger partial charge in [-0.25, -0.2) is 33.7 Å². The Morgan fingerprint density at radius 1 is 0.384 bits per heavy atom. The van der Waals surface area contributed by atoms with Crippen molar-refractivity contribution in [1.29, 1.82) is 0 Å². The van der Waals surface area contributed by atoms with Gasteiger partial charge in [-0.1, -0.05) is 73.5 Å². The van der Waals surface area contributed by atoms with Crippen LogP contribution in [0.4, 0.5) is 0 Å². The van der Waals surface area contributed by atoms with Crippen LogP contribution in [0, 0.1) is 0 Å². The molecule has 2 aromatic heterocycles. The van der Waals surface area contributed by atoms with E-state index in [-0.39, 0.29) is 69.4 Å². The standard InChI is InChI=1S/C50H58N8O10S5/c59-70(60,41-13-5-1-6-14-41)57-33-25-39(26-34-57)47-51-53-49(67-47)45(37-17-21-43(22-18-37)72(63,64)55-29-9-3-10-30-55)69-46(38-19-23-44(24-20-38)73(65,66)56-31-11-4-12-32-56)50-54-52-48(68-50)40-27-35-58(36-28-40)71(61,62)42-15-7-2-8-16-42/h1-2,5-8,13-24,39-40,45-46H,3-4,9-12,25-36H2. The third-order valence-electron chi connectivity index (χ3n) is 14.3. The number of sulfonamides is 4. The van der Waals surface area contributed by atoms with Crippen molar-refractivity contribution in [3.8, 4) is 0 Å². The molecule has 23 heteroatoms. The fourth-order valence-corrected chi connectivity index (χ4v) is 17.4. The van der Waals surface area contributed by atoms with Gasteiger partial charge in [-0.05, 0) is 111 Å². The minimum Gasteiger partial charge on any atom is -0.423 e. The summed E-state index contributed by atoms with van der Waals surface area (Å²) in [7, 11) is -15.0. The van der Waals surface area contributed by atoms with Crippen LogP contribution in [0.1, 0.15) is 121 Å². The van der Waals surface area contributed by atoms with Crippen LogP contribution < -0.4 is 0 Å². The minimum atomic E-state index is -3.77. The highest BCUT2D eigenvalue weighted by Gasteiger charge is 2.38. The molecule has 4 saturated heterocycles. The van der Waals surface area contributed by atoms with Gasteiger partial charge < -0.3 is 8.83 Å². The van der Waals surface area contributed by atoms with Gasteiger partial charge in [0.05, 0.1) is 19.6 Å². The van der Waals surface area contributed by atoms with Gasteiger partial charge in [0.15, 0.2) is 0 Å². The average molecular weight is 1090 g/mol. The summed E-state index contributed by atoms with van der Waals surface area (Å²) < 4.78 is 128. The number of nitrogens with zero attached hydrogens (tertiary/aromatic N) is 8. The first-order valence-corrected chi connectivity index (χ1v) is 31.5. The first kappa shape index (κ1) is 51.6. The predicted octanol–water partition coefficient (Wildman–Crippen LogP) is 7.55. The molecule has 4 fully saturated rings. The van der Waals surface area contributed by atoms with Crippen molar-refractivity contribution in [3.63, 3.8) is 0 Å². The lowest BCUT2D eigenvalue weighted by molar-refractivity contribution is 0.286. The van der Waals surface area contributed by atoms with Crippen molar-refractivity contribution in [1.82, 2.24) is 37.6 Å². The van der Waals surface area contributed by atoms with Crippen LogP contribution >= 0.6 is 11.8 Å². The molecule has 73 heavy (non-hydrogen) atoms. The maximum atomic E-state index is 13.8. The molecule has 0 spiro atoms. The Balaban J connectivity index is 0.973. The second kappa shape index (κ2) is 21.8. The largest absolute Gasteiger partial charge is 0.423 e. The SMILES string of the molecule is O=S(=O)(c1ccc(C(SC(c2ccc(S(=O)(=O)N3CCCCC3)cc2)c2nnc(C3CCN(S(=O)(=O)c4ccccc4)CC3)o2)c2nnc(C3CCN(S(=O)(=O)c4ccccc4)CC3)o2)cc1)N1CCCCC1. The van der Waals surface area contributed by atoms with Crippen LogP contribution in [-0.4, -0.2) is 124 Å². The first-order chi connectivity index (χ1) is 35.2. The van der Waals surface area contributed by atoms with Gasteiger partial charge in [-0.15, -0.1) is 32.2 Å². The maximum absolute atomic E-state index is 13.8. The molecule has 18 nitrogen and oxygen atoms in total. The van der Waals surface area contributed by atoms with Crippen molar-refractivity contribution in [2.75, 3.05) is 52.4 Å². The number of piperidine rings is 4. The van der Waals surface area contributed by atoms with E-state index in [1.165, 1.54) is 29.0 Å². The fraction of sp³-hybridized carbons (Fsp3) is 0.440. The molecule has 0 amide bonds. The van der Waals surface area contributed by atoms with Gasteiger partial charge in [0.25, 0.3) is 0 Å². The Labute approximate surface area is 431 Å². The fourth-order valence-electron chi connectivity index (χ4n) is 10.0. The highest BCUT2D eigenvalue weighted by atomic mass is 32.2. The Bertz CT molecular complexity index is 3060. The molecule has 0 bridgehead atoms. The summed E-state index contributed by atoms with van der Waals surface area (Å²) >= 11 is 1.32. The lowest BCUT2D eigenvalue weighted by Gasteiger charge is -2.29. The molecule has 4 aliphatic rings. The summed E-state index contributed by atoms with van der Waals surface area (Å²) in [6.07, 6.45) is 6.84. The molecule has 6 aromatic rings. The highest BCUT2D eigenvalue weighted by molar-refractivity contribution is 8.00. The van der Waals surface area contributed by atoms with Gasteiger partial charge in [0.2, 0.25) is 63.7 Å². The number of rotatable bonds is 16. The van der Waals surface area contributed by atoms with Gasteiger partial charge in [-0.2, -0.15) is 17.2 Å². The van der Waals surface area contributed by atoms with Crippen molar-refractivity contribution >= 4 is 51.9 Å². The molecular formula is C50H58N8O10S5. The van der Waals surface area contributed by atoms with Crippen molar-refractivity contribution in [2.45, 2.75) is 106 Å². The van der Waals surface area contributed by atoms with Crippen molar-refractivity contribution in [3.05, 3.63) is 144 Å². The molecule has 0 saturated carbocycles. The van der Waals surface area contributed by atoms with E-state index in [2.05, 4.69) is 20.4 Å². The van der Waals surface area contributed by atoms with E-state index in [0.29, 0.717) is 74.8 Å². The molecule has 4 aliphatic heterocycles.